The van der Waals surface area contributed by atoms with Gasteiger partial charge in [0.2, 0.25) is 0 Å². The summed E-state index contributed by atoms with van der Waals surface area (Å²) in [6.45, 7) is 0. The average molecular weight is 319 g/mol. The third-order valence-corrected chi connectivity index (χ3v) is 3.72. The lowest BCUT2D eigenvalue weighted by molar-refractivity contribution is 0.684. The van der Waals surface area contributed by atoms with Gasteiger partial charge in [0.15, 0.2) is 5.16 Å². The van der Waals surface area contributed by atoms with E-state index in [0.29, 0.717) is 0 Å². The first-order valence-corrected chi connectivity index (χ1v) is 5.64. The second kappa shape index (κ2) is 4.22. The molecule has 5 nitrogen and oxygen atoms in total. The van der Waals surface area contributed by atoms with Gasteiger partial charge in [-0.2, -0.15) is 5.10 Å². The topological polar surface area (TPSA) is 56.5 Å². The molecular weight excluding hydrogens is 313 g/mol. The van der Waals surface area contributed by atoms with E-state index < -0.39 is 0 Å². The molecule has 0 radical (unpaired) electrons. The highest BCUT2D eigenvalue weighted by Gasteiger charge is 2.07. The molecule has 72 valence electrons. The minimum atomic E-state index is 0.821. The van der Waals surface area contributed by atoms with Crippen molar-refractivity contribution < 1.29 is 0 Å². The Hall–Kier alpha value is -0.700. The zero-order chi connectivity index (χ0) is 9.97. The molecule has 0 aliphatic rings. The molecule has 2 aromatic rings. The lowest BCUT2D eigenvalue weighted by Crippen LogP contribution is -1.94. The molecule has 0 fully saturated rings. The molecule has 0 spiro atoms. The van der Waals surface area contributed by atoms with Gasteiger partial charge in [0.05, 0.1) is 3.57 Å². The first kappa shape index (κ1) is 9.84. The van der Waals surface area contributed by atoms with E-state index in [-0.39, 0.29) is 0 Å². The van der Waals surface area contributed by atoms with Crippen LogP contribution in [0.15, 0.2) is 29.0 Å². The van der Waals surface area contributed by atoms with Gasteiger partial charge in [-0.1, -0.05) is 0 Å². The molecule has 0 aromatic carbocycles. The van der Waals surface area contributed by atoms with Crippen LogP contribution in [0.5, 0.6) is 0 Å². The number of nitrogens with zero attached hydrogens (tertiary/aromatic N) is 5. The van der Waals surface area contributed by atoms with Crippen molar-refractivity contribution in [2.24, 2.45) is 7.05 Å². The van der Waals surface area contributed by atoms with E-state index in [2.05, 4.69) is 42.6 Å². The predicted molar refractivity (Wildman–Crippen MR) is 59.9 cm³/mol. The van der Waals surface area contributed by atoms with Crippen LogP contribution in [-0.4, -0.2) is 24.7 Å². The number of hydrogen-bond donors (Lipinski definition) is 0. The van der Waals surface area contributed by atoms with Crippen molar-refractivity contribution in [1.82, 2.24) is 24.7 Å². The Morgan fingerprint density at radius 2 is 2.21 bits per heavy atom. The van der Waals surface area contributed by atoms with E-state index in [1.165, 1.54) is 24.4 Å². The van der Waals surface area contributed by atoms with Crippen molar-refractivity contribution in [3.05, 3.63) is 22.4 Å². The van der Waals surface area contributed by atoms with Crippen molar-refractivity contribution >= 4 is 34.4 Å². The molecule has 7 heteroatoms. The number of rotatable bonds is 2. The molecule has 0 saturated carbocycles. The van der Waals surface area contributed by atoms with E-state index >= 15 is 0 Å². The summed E-state index contributed by atoms with van der Waals surface area (Å²) in [6.07, 6.45) is 4.82. The van der Waals surface area contributed by atoms with Crippen LogP contribution in [0.2, 0.25) is 0 Å². The van der Waals surface area contributed by atoms with Gasteiger partial charge in [0.1, 0.15) is 17.7 Å². The monoisotopic (exact) mass is 319 g/mol. The van der Waals surface area contributed by atoms with Crippen LogP contribution in [0.1, 0.15) is 0 Å². The normalized spacial score (nSPS) is 10.4. The van der Waals surface area contributed by atoms with Crippen LogP contribution in [0.3, 0.4) is 0 Å². The SMILES string of the molecule is Cn1ncnc1Sc1ncncc1I. The van der Waals surface area contributed by atoms with Crippen molar-refractivity contribution in [2.45, 2.75) is 10.2 Å². The predicted octanol–water partition coefficient (Wildman–Crippen LogP) is 1.36. The quantitative estimate of drug-likeness (QED) is 0.618. The second-order valence-corrected chi connectivity index (χ2v) is 4.56. The Bertz CT molecular complexity index is 443. The Labute approximate surface area is 98.5 Å². The molecule has 0 unspecified atom stereocenters. The van der Waals surface area contributed by atoms with E-state index in [1.807, 2.05) is 7.05 Å². The van der Waals surface area contributed by atoms with Gasteiger partial charge in [-0.3, -0.25) is 0 Å². The number of aryl methyl sites for hydroxylation is 1. The molecule has 2 rings (SSSR count). The molecule has 2 aromatic heterocycles. The fourth-order valence-corrected chi connectivity index (χ4v) is 2.17. The van der Waals surface area contributed by atoms with Crippen LogP contribution in [0.4, 0.5) is 0 Å². The second-order valence-electron chi connectivity index (χ2n) is 2.44. The van der Waals surface area contributed by atoms with Gasteiger partial charge in [0, 0.05) is 13.2 Å². The van der Waals surface area contributed by atoms with Crippen LogP contribution in [0.25, 0.3) is 0 Å². The van der Waals surface area contributed by atoms with E-state index in [0.717, 1.165) is 13.8 Å². The summed E-state index contributed by atoms with van der Waals surface area (Å²) in [4.78, 5) is 12.2. The minimum Gasteiger partial charge on any atom is -0.244 e. The highest BCUT2D eigenvalue weighted by atomic mass is 127. The van der Waals surface area contributed by atoms with Crippen LogP contribution >= 0.6 is 34.4 Å². The van der Waals surface area contributed by atoms with Crippen LogP contribution in [0, 0.1) is 3.57 Å². The number of hydrogen-bond acceptors (Lipinski definition) is 5. The summed E-state index contributed by atoms with van der Waals surface area (Å²) in [7, 11) is 1.85. The standard InChI is InChI=1S/C7H6IN5S/c1-13-7(11-4-12-13)14-6-5(8)2-9-3-10-6/h2-4H,1H3. The molecule has 0 N–H and O–H groups in total. The van der Waals surface area contributed by atoms with Gasteiger partial charge >= 0.3 is 0 Å². The van der Waals surface area contributed by atoms with E-state index in [1.54, 1.807) is 10.9 Å². The van der Waals surface area contributed by atoms with E-state index in [9.17, 15) is 0 Å². The fourth-order valence-electron chi connectivity index (χ4n) is 0.841. The zero-order valence-electron chi connectivity index (χ0n) is 7.25. The highest BCUT2D eigenvalue weighted by Crippen LogP contribution is 2.26. The van der Waals surface area contributed by atoms with E-state index in [4.69, 9.17) is 0 Å². The Morgan fingerprint density at radius 1 is 1.36 bits per heavy atom. The molecule has 0 amide bonds. The summed E-state index contributed by atoms with van der Waals surface area (Å²) in [5, 5.41) is 5.70. The molecule has 14 heavy (non-hydrogen) atoms. The number of aromatic nitrogens is 5. The van der Waals surface area contributed by atoms with Gasteiger partial charge in [-0.25, -0.2) is 19.6 Å². The van der Waals surface area contributed by atoms with Crippen molar-refractivity contribution in [1.29, 1.82) is 0 Å². The summed E-state index contributed by atoms with van der Waals surface area (Å²) >= 11 is 3.67. The van der Waals surface area contributed by atoms with Gasteiger partial charge in [0.25, 0.3) is 0 Å². The molecular formula is C7H6IN5S. The third-order valence-electron chi connectivity index (χ3n) is 1.49. The zero-order valence-corrected chi connectivity index (χ0v) is 10.2. The van der Waals surface area contributed by atoms with Crippen molar-refractivity contribution in [2.75, 3.05) is 0 Å². The molecule has 0 atom stereocenters. The molecule has 0 saturated heterocycles. The Morgan fingerprint density at radius 3 is 2.86 bits per heavy atom. The maximum absolute atomic E-state index is 4.16. The summed E-state index contributed by atoms with van der Waals surface area (Å²) in [5.74, 6) is 0. The van der Waals surface area contributed by atoms with Crippen LogP contribution in [-0.2, 0) is 7.05 Å². The fraction of sp³-hybridized carbons (Fsp3) is 0.143. The lowest BCUT2D eigenvalue weighted by atomic mass is 10.7. The molecule has 0 aliphatic carbocycles. The van der Waals surface area contributed by atoms with Gasteiger partial charge in [-0.15, -0.1) is 0 Å². The Kier molecular flexibility index (Phi) is 2.96. The maximum atomic E-state index is 4.16. The largest absolute Gasteiger partial charge is 0.244 e. The minimum absolute atomic E-state index is 0.821. The molecule has 0 bridgehead atoms. The Balaban J connectivity index is 2.28. The molecule has 0 aliphatic heterocycles. The highest BCUT2D eigenvalue weighted by molar-refractivity contribution is 14.1. The summed E-state index contributed by atoms with van der Waals surface area (Å²) < 4.78 is 2.72. The maximum Gasteiger partial charge on any atom is 0.192 e. The third kappa shape index (κ3) is 2.03. The smallest absolute Gasteiger partial charge is 0.192 e. The summed E-state index contributed by atoms with van der Waals surface area (Å²) in [6, 6.07) is 0. The first-order valence-electron chi connectivity index (χ1n) is 3.74. The average Bonchev–Trinajstić information content (AvgIpc) is 2.56. The first-order chi connectivity index (χ1) is 6.77. The van der Waals surface area contributed by atoms with Gasteiger partial charge < -0.3 is 0 Å². The number of halogens is 1. The molecule has 2 heterocycles. The van der Waals surface area contributed by atoms with Crippen molar-refractivity contribution in [3.63, 3.8) is 0 Å². The van der Waals surface area contributed by atoms with Gasteiger partial charge in [-0.05, 0) is 34.4 Å². The summed E-state index contributed by atoms with van der Waals surface area (Å²) in [5.41, 5.74) is 0. The van der Waals surface area contributed by atoms with Crippen molar-refractivity contribution in [3.8, 4) is 0 Å². The van der Waals surface area contributed by atoms with Crippen LogP contribution < -0.4 is 0 Å². The lowest BCUT2D eigenvalue weighted by Gasteiger charge is -2.00.